The summed E-state index contributed by atoms with van der Waals surface area (Å²) in [5.74, 6) is -0.542. The first-order chi connectivity index (χ1) is 5.52. The van der Waals surface area contributed by atoms with E-state index in [0.29, 0.717) is 0 Å². The molecule has 13 heavy (non-hydrogen) atoms. The summed E-state index contributed by atoms with van der Waals surface area (Å²) < 4.78 is 4.61. The molecule has 1 aromatic heterocycles. The summed E-state index contributed by atoms with van der Waals surface area (Å²) in [6, 6.07) is 1.23. The molecular weight excluding hydrogens is 183 g/mol. The summed E-state index contributed by atoms with van der Waals surface area (Å²) in [6.07, 6.45) is 0. The molecule has 0 unspecified atom stereocenters. The van der Waals surface area contributed by atoms with Crippen LogP contribution < -0.4 is 35.2 Å². The number of Topliss-reactive ketones (excluding diaryl/α,β-unsaturated/α-hetero) is 1. The zero-order valence-electron chi connectivity index (χ0n) is 7.75. The van der Waals surface area contributed by atoms with E-state index in [1.54, 1.807) is 0 Å². The van der Waals surface area contributed by atoms with E-state index >= 15 is 0 Å². The second kappa shape index (κ2) is 4.60. The molecule has 1 rings (SSSR count). The topological polar surface area (TPSA) is 67.5 Å². The molecule has 0 saturated heterocycles. The summed E-state index contributed by atoms with van der Waals surface area (Å²) in [5, 5.41) is 9.16. The molecule has 0 atom stereocenters. The molecule has 5 heteroatoms. The Balaban J connectivity index is 0.00000144. The Hall–Kier alpha value is -0.580. The van der Waals surface area contributed by atoms with Crippen LogP contribution in [0, 0.1) is 6.92 Å². The first kappa shape index (κ1) is 12.4. The van der Waals surface area contributed by atoms with Gasteiger partial charge in [0.15, 0.2) is 5.78 Å². The zero-order valence-corrected chi connectivity index (χ0v) is 9.75. The van der Waals surface area contributed by atoms with E-state index < -0.39 is 11.4 Å². The van der Waals surface area contributed by atoms with Gasteiger partial charge in [0.2, 0.25) is 0 Å². The van der Waals surface area contributed by atoms with Crippen molar-refractivity contribution in [3.8, 4) is 5.75 Å². The predicted octanol–water partition coefficient (Wildman–Crippen LogP) is -2.14. The van der Waals surface area contributed by atoms with Crippen LogP contribution in [0.2, 0.25) is 0 Å². The van der Waals surface area contributed by atoms with E-state index in [9.17, 15) is 9.59 Å². The van der Waals surface area contributed by atoms with Crippen LogP contribution in [0.25, 0.3) is 0 Å². The Morgan fingerprint density at radius 1 is 1.54 bits per heavy atom. The first-order valence-electron chi connectivity index (χ1n) is 3.37. The van der Waals surface area contributed by atoms with E-state index in [-0.39, 0.29) is 46.6 Å². The fourth-order valence-electron chi connectivity index (χ4n) is 0.920. The van der Waals surface area contributed by atoms with Crippen molar-refractivity contribution in [2.45, 2.75) is 13.8 Å². The molecule has 0 fully saturated rings. The predicted molar refractivity (Wildman–Crippen MR) is 41.4 cm³/mol. The van der Waals surface area contributed by atoms with Crippen molar-refractivity contribution in [2.24, 2.45) is 0 Å². The Labute approximate surface area is 96.9 Å². The van der Waals surface area contributed by atoms with Gasteiger partial charge in [-0.15, -0.1) is 0 Å². The van der Waals surface area contributed by atoms with Crippen LogP contribution in [0.4, 0.5) is 0 Å². The summed E-state index contributed by atoms with van der Waals surface area (Å²) in [6.45, 7) is 2.71. The third-order valence-corrected chi connectivity index (χ3v) is 1.41. The molecule has 0 saturated carbocycles. The average Bonchev–Trinajstić information content (AvgIpc) is 1.82. The maximum Gasteiger partial charge on any atom is 1.00 e. The standard InChI is InChI=1S/C8H8O4.Na/c1-4-3-6(10)7(5(2)9)8(11)12-4;/h3,10H,1-2H3;/q;+1. The van der Waals surface area contributed by atoms with Crippen LogP contribution in [0.1, 0.15) is 23.0 Å². The minimum Gasteiger partial charge on any atom is -0.507 e. The van der Waals surface area contributed by atoms with E-state index in [4.69, 9.17) is 5.11 Å². The smallest absolute Gasteiger partial charge is 0.507 e. The minimum atomic E-state index is -0.792. The quantitative estimate of drug-likeness (QED) is 0.406. The van der Waals surface area contributed by atoms with Crippen molar-refractivity contribution in [1.29, 1.82) is 0 Å². The summed E-state index contributed by atoms with van der Waals surface area (Å²) >= 11 is 0. The second-order valence-electron chi connectivity index (χ2n) is 2.46. The summed E-state index contributed by atoms with van der Waals surface area (Å²) in [4.78, 5) is 21.7. The van der Waals surface area contributed by atoms with Crippen molar-refractivity contribution in [1.82, 2.24) is 0 Å². The largest absolute Gasteiger partial charge is 1.00 e. The molecule has 64 valence electrons. The van der Waals surface area contributed by atoms with Crippen LogP contribution in [-0.2, 0) is 0 Å². The number of aryl methyl sites for hydroxylation is 1. The van der Waals surface area contributed by atoms with Crippen molar-refractivity contribution in [2.75, 3.05) is 0 Å². The number of ketones is 1. The number of carbonyl (C=O) groups is 1. The Bertz CT molecular complexity index is 380. The molecule has 0 aliphatic rings. The number of aromatic hydroxyl groups is 1. The first-order valence-corrected chi connectivity index (χ1v) is 3.37. The Kier molecular flexibility index (Phi) is 4.39. The molecule has 0 radical (unpaired) electrons. The maximum absolute atomic E-state index is 11.0. The van der Waals surface area contributed by atoms with Crippen molar-refractivity contribution < 1.29 is 43.9 Å². The van der Waals surface area contributed by atoms with E-state index in [1.807, 2.05) is 0 Å². The minimum absolute atomic E-state index is 0. The molecule has 0 aliphatic heterocycles. The van der Waals surface area contributed by atoms with Gasteiger partial charge in [0, 0.05) is 6.07 Å². The Morgan fingerprint density at radius 2 is 2.08 bits per heavy atom. The normalized spacial score (nSPS) is 9.08. The SMILES string of the molecule is CC(=O)c1c(O)cc(C)oc1=O.[Na+]. The molecule has 0 spiro atoms. The molecule has 0 amide bonds. The van der Waals surface area contributed by atoms with E-state index in [2.05, 4.69) is 4.42 Å². The second-order valence-corrected chi connectivity index (χ2v) is 2.46. The average molecular weight is 191 g/mol. The zero-order chi connectivity index (χ0) is 9.30. The van der Waals surface area contributed by atoms with Gasteiger partial charge in [0.25, 0.3) is 0 Å². The van der Waals surface area contributed by atoms with Gasteiger partial charge in [-0.25, -0.2) is 4.79 Å². The van der Waals surface area contributed by atoms with Gasteiger partial charge < -0.3 is 9.52 Å². The van der Waals surface area contributed by atoms with Gasteiger partial charge in [-0.3, -0.25) is 4.79 Å². The molecule has 1 N–H and O–H groups in total. The van der Waals surface area contributed by atoms with Gasteiger partial charge in [0.05, 0.1) is 0 Å². The van der Waals surface area contributed by atoms with E-state index in [1.165, 1.54) is 19.9 Å². The number of rotatable bonds is 1. The van der Waals surface area contributed by atoms with Crippen LogP contribution in [0.15, 0.2) is 15.3 Å². The van der Waals surface area contributed by atoms with Gasteiger partial charge in [0.1, 0.15) is 17.1 Å². The molecule has 0 aliphatic carbocycles. The van der Waals surface area contributed by atoms with Gasteiger partial charge in [-0.05, 0) is 13.8 Å². The molecule has 1 aromatic rings. The fourth-order valence-corrected chi connectivity index (χ4v) is 0.920. The summed E-state index contributed by atoms with van der Waals surface area (Å²) in [7, 11) is 0. The van der Waals surface area contributed by atoms with Crippen molar-refractivity contribution in [3.63, 3.8) is 0 Å². The number of carbonyl (C=O) groups excluding carboxylic acids is 1. The monoisotopic (exact) mass is 191 g/mol. The number of hydrogen-bond acceptors (Lipinski definition) is 4. The molecule has 0 aromatic carbocycles. The number of hydrogen-bond donors (Lipinski definition) is 1. The molecular formula is C8H8NaO4+. The molecule has 1 heterocycles. The van der Waals surface area contributed by atoms with Crippen LogP contribution in [0.5, 0.6) is 5.75 Å². The third kappa shape index (κ3) is 2.69. The van der Waals surface area contributed by atoms with Crippen molar-refractivity contribution in [3.05, 3.63) is 27.8 Å². The van der Waals surface area contributed by atoms with E-state index in [0.717, 1.165) is 0 Å². The van der Waals surface area contributed by atoms with Gasteiger partial charge in [-0.2, -0.15) is 0 Å². The third-order valence-electron chi connectivity index (χ3n) is 1.41. The van der Waals surface area contributed by atoms with Crippen LogP contribution >= 0.6 is 0 Å². The van der Waals surface area contributed by atoms with Crippen LogP contribution in [-0.4, -0.2) is 10.9 Å². The van der Waals surface area contributed by atoms with Crippen LogP contribution in [0.3, 0.4) is 0 Å². The fraction of sp³-hybridized carbons (Fsp3) is 0.250. The van der Waals surface area contributed by atoms with Crippen molar-refractivity contribution >= 4 is 5.78 Å². The maximum atomic E-state index is 11.0. The van der Waals surface area contributed by atoms with Gasteiger partial charge >= 0.3 is 35.2 Å². The Morgan fingerprint density at radius 3 is 2.46 bits per heavy atom. The molecule has 4 nitrogen and oxygen atoms in total. The van der Waals surface area contributed by atoms with Gasteiger partial charge in [-0.1, -0.05) is 0 Å². The summed E-state index contributed by atoms with van der Waals surface area (Å²) in [5.41, 5.74) is -1.08. The molecule has 0 bridgehead atoms.